The van der Waals surface area contributed by atoms with E-state index >= 15 is 0 Å². The zero-order valence-electron chi connectivity index (χ0n) is 9.59. The lowest BCUT2D eigenvalue weighted by Gasteiger charge is -2.32. The molecule has 7 heteroatoms. The van der Waals surface area contributed by atoms with Gasteiger partial charge in [-0.15, -0.1) is 0 Å². The van der Waals surface area contributed by atoms with Crippen LogP contribution in [0, 0.1) is 6.92 Å². The van der Waals surface area contributed by atoms with E-state index in [1.54, 1.807) is 6.92 Å². The van der Waals surface area contributed by atoms with E-state index < -0.39 is 6.09 Å². The molecule has 7 nitrogen and oxygen atoms in total. The van der Waals surface area contributed by atoms with E-state index in [1.807, 2.05) is 0 Å². The van der Waals surface area contributed by atoms with Crippen molar-refractivity contribution in [3.8, 4) is 0 Å². The molecule has 0 aromatic carbocycles. The summed E-state index contributed by atoms with van der Waals surface area (Å²) < 4.78 is 5.11. The van der Waals surface area contributed by atoms with E-state index in [1.165, 1.54) is 0 Å². The number of amides is 1. The van der Waals surface area contributed by atoms with Crippen molar-refractivity contribution in [2.24, 2.45) is 5.73 Å². The maximum absolute atomic E-state index is 10.7. The van der Waals surface area contributed by atoms with Crippen molar-refractivity contribution in [1.82, 2.24) is 15.5 Å². The Morgan fingerprint density at radius 3 is 2.94 bits per heavy atom. The van der Waals surface area contributed by atoms with Crippen molar-refractivity contribution in [3.63, 3.8) is 0 Å². The highest BCUT2D eigenvalue weighted by atomic mass is 16.5. The van der Waals surface area contributed by atoms with Gasteiger partial charge in [0.25, 0.3) is 0 Å². The molecule has 1 amide bonds. The normalized spacial score (nSPS) is 28.9. The molecule has 2 rings (SSSR count). The summed E-state index contributed by atoms with van der Waals surface area (Å²) in [6.45, 7) is 1.73. The predicted molar refractivity (Wildman–Crippen MR) is 58.6 cm³/mol. The molecule has 1 aliphatic carbocycles. The molecule has 94 valence electrons. The minimum atomic E-state index is -1.04. The molecule has 4 N–H and O–H groups in total. The Kier molecular flexibility index (Phi) is 3.28. The molecular weight excluding hydrogens is 224 g/mol. The van der Waals surface area contributed by atoms with Crippen molar-refractivity contribution in [2.75, 3.05) is 0 Å². The topological polar surface area (TPSA) is 114 Å². The fourth-order valence-corrected chi connectivity index (χ4v) is 2.27. The SMILES string of the molecule is Cc1noc([C@@H]2C[C@H](N)CC[C@@H]2NC(=O)O)n1. The molecule has 0 aliphatic heterocycles. The van der Waals surface area contributed by atoms with Crippen LogP contribution in [0.2, 0.25) is 0 Å². The summed E-state index contributed by atoms with van der Waals surface area (Å²) in [5.41, 5.74) is 5.90. The second-order valence-corrected chi connectivity index (χ2v) is 4.42. The lowest BCUT2D eigenvalue weighted by molar-refractivity contribution is 0.176. The number of rotatable bonds is 2. The van der Waals surface area contributed by atoms with Crippen LogP contribution in [0.15, 0.2) is 4.52 Å². The van der Waals surface area contributed by atoms with Gasteiger partial charge in [-0.1, -0.05) is 5.16 Å². The molecule has 1 saturated carbocycles. The lowest BCUT2D eigenvalue weighted by Crippen LogP contribution is -2.45. The first-order valence-electron chi connectivity index (χ1n) is 5.61. The smallest absolute Gasteiger partial charge is 0.404 e. The van der Waals surface area contributed by atoms with Crippen molar-refractivity contribution in [3.05, 3.63) is 11.7 Å². The number of hydrogen-bond donors (Lipinski definition) is 3. The number of carboxylic acid groups (broad SMARTS) is 1. The Morgan fingerprint density at radius 1 is 1.59 bits per heavy atom. The molecular formula is C10H16N4O3. The molecule has 17 heavy (non-hydrogen) atoms. The molecule has 1 aliphatic rings. The van der Waals surface area contributed by atoms with Crippen molar-refractivity contribution in [2.45, 2.75) is 44.2 Å². The highest BCUT2D eigenvalue weighted by Gasteiger charge is 2.34. The summed E-state index contributed by atoms with van der Waals surface area (Å²) in [5.74, 6) is 0.890. The molecule has 0 spiro atoms. The van der Waals surface area contributed by atoms with Gasteiger partial charge in [0, 0.05) is 12.1 Å². The van der Waals surface area contributed by atoms with Crippen LogP contribution in [0.3, 0.4) is 0 Å². The third-order valence-electron chi connectivity index (χ3n) is 3.06. The molecule has 1 aromatic heterocycles. The van der Waals surface area contributed by atoms with Gasteiger partial charge in [-0.3, -0.25) is 0 Å². The average molecular weight is 240 g/mol. The van der Waals surface area contributed by atoms with Crippen molar-refractivity contribution in [1.29, 1.82) is 0 Å². The van der Waals surface area contributed by atoms with E-state index in [-0.39, 0.29) is 18.0 Å². The van der Waals surface area contributed by atoms with Gasteiger partial charge in [0.15, 0.2) is 5.82 Å². The molecule has 1 fully saturated rings. The average Bonchev–Trinajstić information content (AvgIpc) is 2.67. The van der Waals surface area contributed by atoms with Crippen LogP contribution in [-0.4, -0.2) is 33.4 Å². The zero-order valence-corrected chi connectivity index (χ0v) is 9.59. The highest BCUT2D eigenvalue weighted by Crippen LogP contribution is 2.31. The fourth-order valence-electron chi connectivity index (χ4n) is 2.27. The summed E-state index contributed by atoms with van der Waals surface area (Å²) in [6, 6.07) is -0.147. The van der Waals surface area contributed by atoms with Gasteiger partial charge >= 0.3 is 6.09 Å². The second-order valence-electron chi connectivity index (χ2n) is 4.42. The van der Waals surface area contributed by atoms with Crippen LogP contribution in [-0.2, 0) is 0 Å². The van der Waals surface area contributed by atoms with Crippen LogP contribution < -0.4 is 11.1 Å². The molecule has 0 saturated heterocycles. The Hall–Kier alpha value is -1.63. The third-order valence-corrected chi connectivity index (χ3v) is 3.06. The minimum Gasteiger partial charge on any atom is -0.465 e. The number of nitrogens with one attached hydrogen (secondary N) is 1. The standard InChI is InChI=1S/C10H16N4O3/c1-5-12-9(17-14-5)7-4-6(11)2-3-8(7)13-10(15)16/h6-8,13H,2-4,11H2,1H3,(H,15,16)/t6-,7-,8+/m1/s1. The molecule has 0 unspecified atom stereocenters. The maximum Gasteiger partial charge on any atom is 0.404 e. The van der Waals surface area contributed by atoms with Crippen molar-refractivity contribution >= 4 is 6.09 Å². The van der Waals surface area contributed by atoms with E-state index in [0.717, 1.165) is 6.42 Å². The largest absolute Gasteiger partial charge is 0.465 e. The van der Waals surface area contributed by atoms with Crippen LogP contribution >= 0.6 is 0 Å². The van der Waals surface area contributed by atoms with Crippen LogP contribution in [0.5, 0.6) is 0 Å². The van der Waals surface area contributed by atoms with E-state index in [2.05, 4.69) is 15.5 Å². The first kappa shape index (κ1) is 11.8. The van der Waals surface area contributed by atoms with Gasteiger partial charge in [-0.25, -0.2) is 4.79 Å². The molecule has 1 aromatic rings. The third kappa shape index (κ3) is 2.73. The summed E-state index contributed by atoms with van der Waals surface area (Å²) in [6.07, 6.45) is 1.12. The van der Waals surface area contributed by atoms with Gasteiger partial charge in [0.2, 0.25) is 5.89 Å². The first-order valence-corrected chi connectivity index (χ1v) is 5.61. The number of carbonyl (C=O) groups is 1. The molecule has 1 heterocycles. The summed E-state index contributed by atoms with van der Waals surface area (Å²) >= 11 is 0. The fraction of sp³-hybridized carbons (Fsp3) is 0.700. The van der Waals surface area contributed by atoms with Gasteiger partial charge in [0.05, 0.1) is 5.92 Å². The van der Waals surface area contributed by atoms with Gasteiger partial charge in [-0.05, 0) is 26.2 Å². The Bertz CT molecular complexity index is 406. The van der Waals surface area contributed by atoms with Gasteiger partial charge in [0.1, 0.15) is 0 Å². The van der Waals surface area contributed by atoms with Gasteiger partial charge in [-0.2, -0.15) is 4.98 Å². The molecule has 0 bridgehead atoms. The minimum absolute atomic E-state index is 0.0547. The maximum atomic E-state index is 10.7. The summed E-state index contributed by atoms with van der Waals surface area (Å²) in [7, 11) is 0. The van der Waals surface area contributed by atoms with E-state index in [9.17, 15) is 4.79 Å². The summed E-state index contributed by atoms with van der Waals surface area (Å²) in [5, 5.41) is 15.0. The Labute approximate surface area is 98.4 Å². The number of hydrogen-bond acceptors (Lipinski definition) is 5. The summed E-state index contributed by atoms with van der Waals surface area (Å²) in [4.78, 5) is 14.9. The van der Waals surface area contributed by atoms with E-state index in [0.29, 0.717) is 24.6 Å². The van der Waals surface area contributed by atoms with E-state index in [4.69, 9.17) is 15.4 Å². The first-order chi connectivity index (χ1) is 8.06. The quantitative estimate of drug-likeness (QED) is 0.697. The highest BCUT2D eigenvalue weighted by molar-refractivity contribution is 5.65. The molecule has 0 radical (unpaired) electrons. The number of nitrogens with zero attached hydrogens (tertiary/aromatic N) is 2. The predicted octanol–water partition coefficient (Wildman–Crippen LogP) is 0.609. The number of aryl methyl sites for hydroxylation is 1. The number of aromatic nitrogens is 2. The van der Waals surface area contributed by atoms with Crippen LogP contribution in [0.4, 0.5) is 4.79 Å². The van der Waals surface area contributed by atoms with Crippen LogP contribution in [0.1, 0.15) is 36.9 Å². The zero-order chi connectivity index (χ0) is 12.4. The number of nitrogens with two attached hydrogens (primary N) is 1. The monoisotopic (exact) mass is 240 g/mol. The van der Waals surface area contributed by atoms with Crippen molar-refractivity contribution < 1.29 is 14.4 Å². The van der Waals surface area contributed by atoms with Crippen LogP contribution in [0.25, 0.3) is 0 Å². The second kappa shape index (κ2) is 4.70. The Morgan fingerprint density at radius 2 is 2.35 bits per heavy atom. The Balaban J connectivity index is 2.16. The molecule has 3 atom stereocenters. The lowest BCUT2D eigenvalue weighted by atomic mass is 9.82. The van der Waals surface area contributed by atoms with Gasteiger partial charge < -0.3 is 20.7 Å².